The lowest BCUT2D eigenvalue weighted by molar-refractivity contribution is 0.845. The number of aromatic amines is 1. The summed E-state index contributed by atoms with van der Waals surface area (Å²) in [4.78, 5) is 3.78. The second-order valence-corrected chi connectivity index (χ2v) is 5.91. The van der Waals surface area contributed by atoms with Gasteiger partial charge in [-0.05, 0) is 18.1 Å². The van der Waals surface area contributed by atoms with Gasteiger partial charge in [0.2, 0.25) is 0 Å². The van der Waals surface area contributed by atoms with Crippen LogP contribution in [0.5, 0.6) is 0 Å². The van der Waals surface area contributed by atoms with Gasteiger partial charge in [-0.2, -0.15) is 5.10 Å². The molecule has 22 heavy (non-hydrogen) atoms. The van der Waals surface area contributed by atoms with E-state index in [-0.39, 0.29) is 5.92 Å². The van der Waals surface area contributed by atoms with Gasteiger partial charge >= 0.3 is 0 Å². The number of fused-ring (bicyclic) bond motifs is 1. The molecule has 0 aliphatic carbocycles. The molecule has 2 aromatic rings. The Bertz CT molecular complexity index is 786. The van der Waals surface area contributed by atoms with Gasteiger partial charge in [-0.3, -0.25) is 5.10 Å². The zero-order chi connectivity index (χ0) is 15.7. The maximum absolute atomic E-state index is 7.62. The number of nitrogens with one attached hydrogen (secondary N) is 2. The molecule has 0 saturated carbocycles. The van der Waals surface area contributed by atoms with Crippen molar-refractivity contribution in [2.45, 2.75) is 25.7 Å². The molecule has 112 valence electrons. The minimum Gasteiger partial charge on any atom is -0.354 e. The molecular formula is C16H14Cl2N4. The normalized spacial score (nSPS) is 16.9. The van der Waals surface area contributed by atoms with Crippen LogP contribution in [0.3, 0.4) is 0 Å². The van der Waals surface area contributed by atoms with Gasteiger partial charge in [-0.15, -0.1) is 0 Å². The summed E-state index contributed by atoms with van der Waals surface area (Å²) in [5.41, 5.74) is 3.31. The van der Waals surface area contributed by atoms with Crippen LogP contribution < -0.4 is 5.32 Å². The molecule has 1 aliphatic heterocycles. The van der Waals surface area contributed by atoms with E-state index in [2.05, 4.69) is 27.3 Å². The van der Waals surface area contributed by atoms with Crippen molar-refractivity contribution in [1.82, 2.24) is 10.2 Å². The van der Waals surface area contributed by atoms with Crippen molar-refractivity contribution >= 4 is 29.0 Å². The van der Waals surface area contributed by atoms with E-state index in [1.807, 2.05) is 12.1 Å². The number of allylic oxidation sites excluding steroid dienone is 2. The molecule has 2 heterocycles. The summed E-state index contributed by atoms with van der Waals surface area (Å²) in [5.74, 6) is 0.567. The first-order valence-electron chi connectivity index (χ1n) is 7.02. The summed E-state index contributed by atoms with van der Waals surface area (Å²) in [7, 11) is 0. The number of benzene rings is 1. The van der Waals surface area contributed by atoms with E-state index in [0.29, 0.717) is 15.7 Å². The van der Waals surface area contributed by atoms with E-state index in [1.165, 1.54) is 0 Å². The maximum atomic E-state index is 7.62. The Morgan fingerprint density at radius 2 is 2.14 bits per heavy atom. The first-order chi connectivity index (χ1) is 10.7. The molecule has 0 spiro atoms. The van der Waals surface area contributed by atoms with Gasteiger partial charge in [0.25, 0.3) is 0 Å². The predicted octanol–water partition coefficient (Wildman–Crippen LogP) is 5.20. The maximum Gasteiger partial charge on any atom is 0.196 e. The molecule has 2 N–H and O–H groups in total. The molecular weight excluding hydrogens is 319 g/mol. The molecule has 1 aromatic heterocycles. The van der Waals surface area contributed by atoms with Gasteiger partial charge in [0.1, 0.15) is 5.82 Å². The van der Waals surface area contributed by atoms with Crippen molar-refractivity contribution in [2.24, 2.45) is 0 Å². The smallest absolute Gasteiger partial charge is 0.196 e. The lowest BCUT2D eigenvalue weighted by Gasteiger charge is -2.27. The Balaban J connectivity index is 2.23. The topological polar surface area (TPSA) is 45.1 Å². The second kappa shape index (κ2) is 6.04. The fraction of sp³-hybridized carbons (Fsp3) is 0.250. The van der Waals surface area contributed by atoms with Crippen LogP contribution in [0.2, 0.25) is 10.0 Å². The zero-order valence-electron chi connectivity index (χ0n) is 12.0. The van der Waals surface area contributed by atoms with Crippen LogP contribution in [0.25, 0.3) is 4.85 Å². The molecule has 4 nitrogen and oxygen atoms in total. The van der Waals surface area contributed by atoms with E-state index in [9.17, 15) is 0 Å². The Labute approximate surface area is 139 Å². The van der Waals surface area contributed by atoms with Gasteiger partial charge in [0, 0.05) is 11.3 Å². The molecule has 3 rings (SSSR count). The van der Waals surface area contributed by atoms with Crippen molar-refractivity contribution in [3.05, 3.63) is 68.4 Å². The van der Waals surface area contributed by atoms with Gasteiger partial charge in [0.15, 0.2) is 5.70 Å². The SMILES string of the molecule is [C-]#[N+]C1=C(CCC)Nc2[nH]ncc2C1c1cccc(Cl)c1Cl. The van der Waals surface area contributed by atoms with Gasteiger partial charge in [-0.1, -0.05) is 48.7 Å². The lowest BCUT2D eigenvalue weighted by atomic mass is 9.86. The van der Waals surface area contributed by atoms with Crippen LogP contribution in [0.15, 0.2) is 35.8 Å². The van der Waals surface area contributed by atoms with Crippen molar-refractivity contribution in [1.29, 1.82) is 0 Å². The molecule has 0 amide bonds. The fourth-order valence-corrected chi connectivity index (χ4v) is 3.20. The molecule has 1 atom stereocenters. The highest BCUT2D eigenvalue weighted by Gasteiger charge is 2.32. The molecule has 1 aliphatic rings. The van der Waals surface area contributed by atoms with Crippen LogP contribution in [-0.2, 0) is 0 Å². The first kappa shape index (κ1) is 15.0. The predicted molar refractivity (Wildman–Crippen MR) is 89.1 cm³/mol. The van der Waals surface area contributed by atoms with Crippen LogP contribution in [0.1, 0.15) is 36.8 Å². The minimum absolute atomic E-state index is 0.250. The lowest BCUT2D eigenvalue weighted by Crippen LogP contribution is -2.17. The Kier molecular flexibility index (Phi) is 4.10. The summed E-state index contributed by atoms with van der Waals surface area (Å²) in [6.07, 6.45) is 3.48. The highest BCUT2D eigenvalue weighted by atomic mass is 35.5. The molecule has 0 saturated heterocycles. The highest BCUT2D eigenvalue weighted by Crippen LogP contribution is 2.45. The number of rotatable bonds is 3. The van der Waals surface area contributed by atoms with Crippen LogP contribution in [-0.4, -0.2) is 10.2 Å². The quantitative estimate of drug-likeness (QED) is 0.758. The third-order valence-electron chi connectivity index (χ3n) is 3.75. The highest BCUT2D eigenvalue weighted by molar-refractivity contribution is 6.42. The van der Waals surface area contributed by atoms with Crippen molar-refractivity contribution in [3.8, 4) is 0 Å². The first-order valence-corrected chi connectivity index (χ1v) is 7.77. The van der Waals surface area contributed by atoms with Gasteiger partial charge in [-0.25, -0.2) is 4.85 Å². The number of hydrogen-bond donors (Lipinski definition) is 2. The Morgan fingerprint density at radius 3 is 2.86 bits per heavy atom. The minimum atomic E-state index is -0.250. The third kappa shape index (κ3) is 2.37. The summed E-state index contributed by atoms with van der Waals surface area (Å²) in [6.45, 7) is 9.71. The van der Waals surface area contributed by atoms with Crippen LogP contribution in [0.4, 0.5) is 5.82 Å². The number of hydrogen-bond acceptors (Lipinski definition) is 2. The standard InChI is InChI=1S/C16H14Cl2N4/c1-3-5-12-15(19-2)13(10-8-20-22-16(10)21-12)9-6-4-7-11(17)14(9)18/h4,6-8,13H,3,5H2,1H3,(H2,20,21,22). The summed E-state index contributed by atoms with van der Waals surface area (Å²) < 4.78 is 0. The molecule has 0 radical (unpaired) electrons. The van der Waals surface area contributed by atoms with Crippen LogP contribution >= 0.6 is 23.2 Å². The van der Waals surface area contributed by atoms with E-state index >= 15 is 0 Å². The number of aromatic nitrogens is 2. The van der Waals surface area contributed by atoms with E-state index < -0.39 is 0 Å². The third-order valence-corrected chi connectivity index (χ3v) is 4.58. The molecule has 6 heteroatoms. The molecule has 1 unspecified atom stereocenters. The van der Waals surface area contributed by atoms with E-state index in [1.54, 1.807) is 12.3 Å². The summed E-state index contributed by atoms with van der Waals surface area (Å²) in [5, 5.41) is 11.3. The average Bonchev–Trinajstić information content (AvgIpc) is 2.97. The number of nitrogens with zero attached hydrogens (tertiary/aromatic N) is 2. The molecule has 1 aromatic carbocycles. The molecule has 0 bridgehead atoms. The van der Waals surface area contributed by atoms with Crippen molar-refractivity contribution in [2.75, 3.05) is 5.32 Å². The summed E-state index contributed by atoms with van der Waals surface area (Å²) in [6, 6.07) is 5.51. The monoisotopic (exact) mass is 332 g/mol. The van der Waals surface area contributed by atoms with E-state index in [4.69, 9.17) is 29.8 Å². The van der Waals surface area contributed by atoms with Crippen LogP contribution in [0, 0.1) is 6.57 Å². The largest absolute Gasteiger partial charge is 0.354 e. The Hall–Kier alpha value is -1.96. The second-order valence-electron chi connectivity index (χ2n) is 5.13. The summed E-state index contributed by atoms with van der Waals surface area (Å²) >= 11 is 12.6. The number of anilines is 1. The molecule has 0 fully saturated rings. The van der Waals surface area contributed by atoms with Gasteiger partial charge in [0.05, 0.1) is 28.7 Å². The zero-order valence-corrected chi connectivity index (χ0v) is 13.5. The van der Waals surface area contributed by atoms with Crippen molar-refractivity contribution in [3.63, 3.8) is 0 Å². The van der Waals surface area contributed by atoms with E-state index in [0.717, 1.165) is 35.5 Å². The van der Waals surface area contributed by atoms with Gasteiger partial charge < -0.3 is 5.32 Å². The fourth-order valence-electron chi connectivity index (χ4n) is 2.78. The van der Waals surface area contributed by atoms with Crippen molar-refractivity contribution < 1.29 is 0 Å². The number of halogens is 2. The average molecular weight is 333 g/mol. The Morgan fingerprint density at radius 1 is 1.32 bits per heavy atom. The number of H-pyrrole nitrogens is 1.